The number of thiophene rings is 1. The Balaban J connectivity index is 1.93. The van der Waals surface area contributed by atoms with Crippen LogP contribution < -0.4 is 5.56 Å². The fraction of sp³-hybridized carbons (Fsp3) is 0.133. The van der Waals surface area contributed by atoms with E-state index in [2.05, 4.69) is 0 Å². The lowest BCUT2D eigenvalue weighted by Gasteiger charge is -2.13. The lowest BCUT2D eigenvalue weighted by molar-refractivity contribution is 0.155. The minimum atomic E-state index is -0.671. The van der Waals surface area contributed by atoms with Crippen LogP contribution in [0.25, 0.3) is 10.1 Å². The molecule has 0 saturated heterocycles. The SMILES string of the molecule is O=c1c2ccsc2ccn1CC(O)c1ccccc1. The average molecular weight is 271 g/mol. The Morgan fingerprint density at radius 2 is 1.95 bits per heavy atom. The van der Waals surface area contributed by atoms with Gasteiger partial charge in [-0.2, -0.15) is 0 Å². The van der Waals surface area contributed by atoms with Gasteiger partial charge in [0.1, 0.15) is 0 Å². The number of aliphatic hydroxyl groups is 1. The van der Waals surface area contributed by atoms with Crippen LogP contribution in [0.4, 0.5) is 0 Å². The molecule has 0 bridgehead atoms. The predicted molar refractivity (Wildman–Crippen MR) is 77.5 cm³/mol. The molecular formula is C15H13NO2S. The van der Waals surface area contributed by atoms with Crippen molar-refractivity contribution in [3.05, 3.63) is 70.0 Å². The minimum absolute atomic E-state index is 0.0475. The zero-order valence-corrected chi connectivity index (χ0v) is 11.0. The molecule has 0 fully saturated rings. The molecule has 0 amide bonds. The van der Waals surface area contributed by atoms with E-state index in [1.807, 2.05) is 47.8 Å². The van der Waals surface area contributed by atoms with Crippen molar-refractivity contribution >= 4 is 21.4 Å². The van der Waals surface area contributed by atoms with Gasteiger partial charge in [0.05, 0.1) is 18.0 Å². The largest absolute Gasteiger partial charge is 0.387 e. The Hall–Kier alpha value is -1.91. The molecule has 1 unspecified atom stereocenters. The molecule has 3 aromatic rings. The first kappa shape index (κ1) is 12.1. The molecule has 0 aliphatic rings. The molecule has 3 nitrogen and oxygen atoms in total. The zero-order valence-electron chi connectivity index (χ0n) is 10.2. The van der Waals surface area contributed by atoms with Crippen LogP contribution in [-0.4, -0.2) is 9.67 Å². The summed E-state index contributed by atoms with van der Waals surface area (Å²) in [6.07, 6.45) is 1.07. The van der Waals surface area contributed by atoms with Crippen LogP contribution in [0.15, 0.2) is 58.8 Å². The predicted octanol–water partition coefficient (Wildman–Crippen LogP) is 2.80. The number of nitrogens with zero attached hydrogens (tertiary/aromatic N) is 1. The maximum absolute atomic E-state index is 12.2. The summed E-state index contributed by atoms with van der Waals surface area (Å²) in [5.74, 6) is 0. The van der Waals surface area contributed by atoms with Crippen molar-refractivity contribution in [3.8, 4) is 0 Å². The number of aliphatic hydroxyl groups excluding tert-OH is 1. The summed E-state index contributed by atoms with van der Waals surface area (Å²) in [5, 5.41) is 12.8. The quantitative estimate of drug-likeness (QED) is 0.796. The highest BCUT2D eigenvalue weighted by molar-refractivity contribution is 7.17. The molecule has 0 aliphatic carbocycles. The molecule has 0 radical (unpaired) electrons. The normalized spacial score (nSPS) is 12.7. The highest BCUT2D eigenvalue weighted by atomic mass is 32.1. The van der Waals surface area contributed by atoms with Crippen molar-refractivity contribution in [2.45, 2.75) is 12.6 Å². The molecule has 1 atom stereocenters. The Morgan fingerprint density at radius 3 is 2.74 bits per heavy atom. The number of pyridine rings is 1. The minimum Gasteiger partial charge on any atom is -0.387 e. The summed E-state index contributed by atoms with van der Waals surface area (Å²) >= 11 is 1.55. The number of hydrogen-bond acceptors (Lipinski definition) is 3. The summed E-state index contributed by atoms with van der Waals surface area (Å²) < 4.78 is 2.54. The molecule has 2 heterocycles. The molecule has 0 spiro atoms. The van der Waals surface area contributed by atoms with E-state index >= 15 is 0 Å². The van der Waals surface area contributed by atoms with E-state index in [-0.39, 0.29) is 12.1 Å². The molecule has 0 aliphatic heterocycles. The Labute approximate surface area is 114 Å². The fourth-order valence-electron chi connectivity index (χ4n) is 2.12. The van der Waals surface area contributed by atoms with Gasteiger partial charge in [-0.25, -0.2) is 0 Å². The van der Waals surface area contributed by atoms with Crippen molar-refractivity contribution in [2.24, 2.45) is 0 Å². The molecule has 0 saturated carbocycles. The first-order valence-corrected chi connectivity index (χ1v) is 6.93. The lowest BCUT2D eigenvalue weighted by Crippen LogP contribution is -2.22. The number of rotatable bonds is 3. The Bertz CT molecular complexity index is 745. The van der Waals surface area contributed by atoms with Crippen molar-refractivity contribution in [3.63, 3.8) is 0 Å². The summed E-state index contributed by atoms with van der Waals surface area (Å²) in [5.41, 5.74) is 0.772. The number of aromatic nitrogens is 1. The van der Waals surface area contributed by atoms with Gasteiger partial charge in [-0.1, -0.05) is 30.3 Å². The topological polar surface area (TPSA) is 42.2 Å². The zero-order chi connectivity index (χ0) is 13.2. The van der Waals surface area contributed by atoms with Crippen LogP contribution >= 0.6 is 11.3 Å². The van der Waals surface area contributed by atoms with Crippen molar-refractivity contribution in [2.75, 3.05) is 0 Å². The van der Waals surface area contributed by atoms with Gasteiger partial charge in [-0.05, 0) is 23.1 Å². The Morgan fingerprint density at radius 1 is 1.16 bits per heavy atom. The highest BCUT2D eigenvalue weighted by Crippen LogP contribution is 2.18. The van der Waals surface area contributed by atoms with Crippen molar-refractivity contribution in [1.29, 1.82) is 0 Å². The summed E-state index contributed by atoms with van der Waals surface area (Å²) in [7, 11) is 0. The average Bonchev–Trinajstić information content (AvgIpc) is 2.92. The first-order chi connectivity index (χ1) is 9.25. The highest BCUT2D eigenvalue weighted by Gasteiger charge is 2.10. The standard InChI is InChI=1S/C15H13NO2S/c17-13(11-4-2-1-3-5-11)10-16-8-6-14-12(15(16)18)7-9-19-14/h1-9,13,17H,10H2. The smallest absolute Gasteiger partial charge is 0.259 e. The molecule has 2 aromatic heterocycles. The maximum Gasteiger partial charge on any atom is 0.259 e. The fourth-order valence-corrected chi connectivity index (χ4v) is 2.89. The van der Waals surface area contributed by atoms with E-state index in [4.69, 9.17) is 0 Å². The van der Waals surface area contributed by atoms with Crippen molar-refractivity contribution in [1.82, 2.24) is 4.57 Å². The molecule has 4 heteroatoms. The number of hydrogen-bond donors (Lipinski definition) is 1. The van der Waals surface area contributed by atoms with E-state index in [1.165, 1.54) is 0 Å². The summed E-state index contributed by atoms with van der Waals surface area (Å²) in [6.45, 7) is 0.272. The maximum atomic E-state index is 12.2. The third-order valence-corrected chi connectivity index (χ3v) is 4.03. The van der Waals surface area contributed by atoms with E-state index in [0.29, 0.717) is 5.39 Å². The van der Waals surface area contributed by atoms with Gasteiger partial charge in [0.15, 0.2) is 0 Å². The van der Waals surface area contributed by atoms with E-state index in [0.717, 1.165) is 10.3 Å². The van der Waals surface area contributed by atoms with Crippen LogP contribution in [-0.2, 0) is 6.54 Å². The summed E-state index contributed by atoms with van der Waals surface area (Å²) in [4.78, 5) is 12.2. The third-order valence-electron chi connectivity index (χ3n) is 3.15. The van der Waals surface area contributed by atoms with Crippen molar-refractivity contribution < 1.29 is 5.11 Å². The monoisotopic (exact) mass is 271 g/mol. The van der Waals surface area contributed by atoms with Gasteiger partial charge in [0.25, 0.3) is 5.56 Å². The van der Waals surface area contributed by atoms with Gasteiger partial charge >= 0.3 is 0 Å². The van der Waals surface area contributed by atoms with Gasteiger partial charge in [-0.15, -0.1) is 11.3 Å². The van der Waals surface area contributed by atoms with E-state index in [9.17, 15) is 9.90 Å². The first-order valence-electron chi connectivity index (χ1n) is 6.05. The molecule has 1 N–H and O–H groups in total. The van der Waals surface area contributed by atoms with Gasteiger partial charge in [-0.3, -0.25) is 4.79 Å². The van der Waals surface area contributed by atoms with E-state index in [1.54, 1.807) is 22.1 Å². The van der Waals surface area contributed by atoms with Crippen LogP contribution in [0.5, 0.6) is 0 Å². The molecule has 96 valence electrons. The van der Waals surface area contributed by atoms with Gasteiger partial charge in [0.2, 0.25) is 0 Å². The second-order valence-electron chi connectivity index (χ2n) is 4.40. The third kappa shape index (κ3) is 2.32. The van der Waals surface area contributed by atoms with E-state index < -0.39 is 6.10 Å². The van der Waals surface area contributed by atoms with Gasteiger partial charge < -0.3 is 9.67 Å². The van der Waals surface area contributed by atoms with Crippen LogP contribution in [0.2, 0.25) is 0 Å². The molecule has 19 heavy (non-hydrogen) atoms. The van der Waals surface area contributed by atoms with Crippen LogP contribution in [0.1, 0.15) is 11.7 Å². The van der Waals surface area contributed by atoms with Gasteiger partial charge in [0, 0.05) is 10.9 Å². The molecular weight excluding hydrogens is 258 g/mol. The summed E-state index contributed by atoms with van der Waals surface area (Å²) in [6, 6.07) is 13.1. The lowest BCUT2D eigenvalue weighted by atomic mass is 10.1. The number of benzene rings is 1. The second kappa shape index (κ2) is 4.99. The van der Waals surface area contributed by atoms with Crippen LogP contribution in [0.3, 0.4) is 0 Å². The van der Waals surface area contributed by atoms with Crippen LogP contribution in [0, 0.1) is 0 Å². The molecule has 3 rings (SSSR count). The number of fused-ring (bicyclic) bond motifs is 1. The Kier molecular flexibility index (Phi) is 3.19. The second-order valence-corrected chi connectivity index (χ2v) is 5.35. The molecule has 1 aromatic carbocycles.